The van der Waals surface area contributed by atoms with Crippen LogP contribution in [0.5, 0.6) is 0 Å². The number of benzene rings is 2. The van der Waals surface area contributed by atoms with Crippen molar-refractivity contribution in [1.82, 2.24) is 0 Å². The molecule has 1 N–H and O–H groups in total. The number of nitriles is 1. The Hall–Kier alpha value is -2.52. The summed E-state index contributed by atoms with van der Waals surface area (Å²) < 4.78 is 0. The van der Waals surface area contributed by atoms with E-state index in [0.29, 0.717) is 0 Å². The highest BCUT2D eigenvalue weighted by molar-refractivity contribution is 8.00. The standard InChI is InChI=1S/C15H11N3O2S/c16-9-14-15(10-5-7-11(8-6-10)18(19)20)17-12-3-1-2-4-13(12)21-14/h1-8,14-15,17H. The molecule has 1 heterocycles. The molecule has 2 aromatic carbocycles. The van der Waals surface area contributed by atoms with E-state index in [0.717, 1.165) is 16.1 Å². The van der Waals surface area contributed by atoms with Crippen molar-refractivity contribution in [2.45, 2.75) is 16.2 Å². The van der Waals surface area contributed by atoms with E-state index in [2.05, 4.69) is 11.4 Å². The average Bonchev–Trinajstić information content (AvgIpc) is 2.53. The molecule has 0 fully saturated rings. The molecule has 0 aromatic heterocycles. The first-order chi connectivity index (χ1) is 10.2. The first-order valence-electron chi connectivity index (χ1n) is 6.35. The summed E-state index contributed by atoms with van der Waals surface area (Å²) in [5, 5.41) is 23.2. The van der Waals surface area contributed by atoms with E-state index in [1.165, 1.54) is 23.9 Å². The first-order valence-corrected chi connectivity index (χ1v) is 7.23. The topological polar surface area (TPSA) is 79.0 Å². The van der Waals surface area contributed by atoms with Crippen LogP contribution >= 0.6 is 11.8 Å². The number of fused-ring (bicyclic) bond motifs is 1. The molecular formula is C15H11N3O2S. The molecule has 0 saturated heterocycles. The van der Waals surface area contributed by atoms with Gasteiger partial charge in [0.25, 0.3) is 5.69 Å². The maximum Gasteiger partial charge on any atom is 0.269 e. The molecule has 21 heavy (non-hydrogen) atoms. The third-order valence-corrected chi connectivity index (χ3v) is 4.59. The fourth-order valence-corrected chi connectivity index (χ4v) is 3.40. The van der Waals surface area contributed by atoms with Crippen LogP contribution in [-0.2, 0) is 0 Å². The zero-order chi connectivity index (χ0) is 14.8. The Morgan fingerprint density at radius 3 is 2.57 bits per heavy atom. The zero-order valence-electron chi connectivity index (χ0n) is 10.9. The van der Waals surface area contributed by atoms with Crippen molar-refractivity contribution in [3.8, 4) is 6.07 Å². The summed E-state index contributed by atoms with van der Waals surface area (Å²) >= 11 is 1.51. The minimum atomic E-state index is -0.427. The van der Waals surface area contributed by atoms with Gasteiger partial charge in [0.2, 0.25) is 0 Å². The van der Waals surface area contributed by atoms with Crippen LogP contribution in [0, 0.1) is 21.4 Å². The fourth-order valence-electron chi connectivity index (χ4n) is 2.30. The second-order valence-corrected chi connectivity index (χ2v) is 5.82. The quantitative estimate of drug-likeness (QED) is 0.674. The van der Waals surface area contributed by atoms with Crippen molar-refractivity contribution >= 4 is 23.1 Å². The van der Waals surface area contributed by atoms with E-state index in [-0.39, 0.29) is 17.0 Å². The van der Waals surface area contributed by atoms with Gasteiger partial charge in [0.1, 0.15) is 5.25 Å². The van der Waals surface area contributed by atoms with Gasteiger partial charge in [0.05, 0.1) is 17.0 Å². The van der Waals surface area contributed by atoms with Gasteiger partial charge in [0.15, 0.2) is 0 Å². The van der Waals surface area contributed by atoms with Crippen molar-refractivity contribution in [2.75, 3.05) is 5.32 Å². The Balaban J connectivity index is 1.94. The van der Waals surface area contributed by atoms with Crippen LogP contribution < -0.4 is 5.32 Å². The van der Waals surface area contributed by atoms with Crippen molar-refractivity contribution in [3.63, 3.8) is 0 Å². The number of hydrogen-bond acceptors (Lipinski definition) is 5. The van der Waals surface area contributed by atoms with Crippen LogP contribution in [0.15, 0.2) is 53.4 Å². The lowest BCUT2D eigenvalue weighted by Gasteiger charge is -2.30. The monoisotopic (exact) mass is 297 g/mol. The zero-order valence-corrected chi connectivity index (χ0v) is 11.7. The predicted molar refractivity (Wildman–Crippen MR) is 81.2 cm³/mol. The van der Waals surface area contributed by atoms with E-state index >= 15 is 0 Å². The molecule has 0 aliphatic carbocycles. The van der Waals surface area contributed by atoms with Gasteiger partial charge in [-0.3, -0.25) is 10.1 Å². The van der Waals surface area contributed by atoms with Gasteiger partial charge in [-0.2, -0.15) is 5.26 Å². The van der Waals surface area contributed by atoms with Crippen molar-refractivity contribution in [1.29, 1.82) is 5.26 Å². The molecule has 2 aromatic rings. The molecule has 0 radical (unpaired) electrons. The van der Waals surface area contributed by atoms with Gasteiger partial charge >= 0.3 is 0 Å². The van der Waals surface area contributed by atoms with Crippen LogP contribution in [0.25, 0.3) is 0 Å². The van der Waals surface area contributed by atoms with Gasteiger partial charge in [-0.1, -0.05) is 24.3 Å². The van der Waals surface area contributed by atoms with E-state index < -0.39 is 4.92 Å². The van der Waals surface area contributed by atoms with Crippen LogP contribution in [0.2, 0.25) is 0 Å². The number of para-hydroxylation sites is 1. The van der Waals surface area contributed by atoms with Gasteiger partial charge < -0.3 is 5.32 Å². The summed E-state index contributed by atoms with van der Waals surface area (Å²) in [5.41, 5.74) is 1.91. The molecule has 3 rings (SSSR count). The molecular weight excluding hydrogens is 286 g/mol. The molecule has 0 amide bonds. The third-order valence-electron chi connectivity index (χ3n) is 3.35. The summed E-state index contributed by atoms with van der Waals surface area (Å²) in [6.45, 7) is 0. The first kappa shape index (κ1) is 13.5. The Kier molecular flexibility index (Phi) is 3.50. The maximum absolute atomic E-state index is 10.7. The summed E-state index contributed by atoms with van der Waals surface area (Å²) in [5.74, 6) is 0. The summed E-state index contributed by atoms with van der Waals surface area (Å²) in [6.07, 6.45) is 0. The van der Waals surface area contributed by atoms with Crippen molar-refractivity contribution in [2.24, 2.45) is 0 Å². The second kappa shape index (κ2) is 5.46. The number of nitro benzene ring substituents is 1. The van der Waals surface area contributed by atoms with Gasteiger partial charge in [-0.25, -0.2) is 0 Å². The molecule has 2 unspecified atom stereocenters. The minimum absolute atomic E-state index is 0.0520. The van der Waals surface area contributed by atoms with E-state index in [9.17, 15) is 15.4 Å². The lowest BCUT2D eigenvalue weighted by atomic mass is 10.0. The van der Waals surface area contributed by atoms with Crippen molar-refractivity contribution < 1.29 is 4.92 Å². The second-order valence-electron chi connectivity index (χ2n) is 4.63. The number of non-ortho nitro benzene ring substituents is 1. The Labute approximate surface area is 125 Å². The van der Waals surface area contributed by atoms with Gasteiger partial charge in [-0.15, -0.1) is 11.8 Å². The molecule has 6 heteroatoms. The third kappa shape index (κ3) is 2.56. The lowest BCUT2D eigenvalue weighted by molar-refractivity contribution is -0.384. The Bertz CT molecular complexity index is 724. The van der Waals surface area contributed by atoms with Crippen molar-refractivity contribution in [3.05, 3.63) is 64.2 Å². The molecule has 0 spiro atoms. The lowest BCUT2D eigenvalue weighted by Crippen LogP contribution is -2.25. The summed E-state index contributed by atoms with van der Waals surface area (Å²) in [6, 6.07) is 16.3. The van der Waals surface area contributed by atoms with E-state index in [1.807, 2.05) is 24.3 Å². The Morgan fingerprint density at radius 2 is 1.90 bits per heavy atom. The molecule has 0 saturated carbocycles. The van der Waals surface area contributed by atoms with E-state index in [1.54, 1.807) is 12.1 Å². The highest BCUT2D eigenvalue weighted by Crippen LogP contribution is 2.43. The molecule has 1 aliphatic rings. The number of thioether (sulfide) groups is 1. The van der Waals surface area contributed by atoms with Crippen LogP contribution in [-0.4, -0.2) is 10.2 Å². The normalized spacial score (nSPS) is 20.0. The van der Waals surface area contributed by atoms with Crippen LogP contribution in [0.4, 0.5) is 11.4 Å². The Morgan fingerprint density at radius 1 is 1.19 bits per heavy atom. The summed E-state index contributed by atoms with van der Waals surface area (Å²) in [7, 11) is 0. The largest absolute Gasteiger partial charge is 0.375 e. The van der Waals surface area contributed by atoms with Gasteiger partial charge in [-0.05, 0) is 17.7 Å². The molecule has 2 atom stereocenters. The number of rotatable bonds is 2. The predicted octanol–water partition coefficient (Wildman–Crippen LogP) is 3.75. The highest BCUT2D eigenvalue weighted by atomic mass is 32.2. The molecule has 104 valence electrons. The van der Waals surface area contributed by atoms with E-state index in [4.69, 9.17) is 0 Å². The highest BCUT2D eigenvalue weighted by Gasteiger charge is 2.30. The summed E-state index contributed by atoms with van der Waals surface area (Å²) in [4.78, 5) is 11.3. The van der Waals surface area contributed by atoms with Gasteiger partial charge in [0, 0.05) is 22.7 Å². The maximum atomic E-state index is 10.7. The number of nitro groups is 1. The smallest absolute Gasteiger partial charge is 0.269 e. The SMILES string of the molecule is N#CC1Sc2ccccc2NC1c1ccc([N+](=O)[O-])cc1. The number of hydrogen-bond donors (Lipinski definition) is 1. The number of nitrogens with zero attached hydrogens (tertiary/aromatic N) is 2. The molecule has 1 aliphatic heterocycles. The molecule has 0 bridgehead atoms. The fraction of sp³-hybridized carbons (Fsp3) is 0.133. The average molecular weight is 297 g/mol. The minimum Gasteiger partial charge on any atom is -0.375 e. The van der Waals surface area contributed by atoms with Crippen LogP contribution in [0.1, 0.15) is 11.6 Å². The number of nitrogens with one attached hydrogen (secondary N) is 1. The number of anilines is 1. The molecule has 5 nitrogen and oxygen atoms in total. The van der Waals surface area contributed by atoms with Crippen LogP contribution in [0.3, 0.4) is 0 Å².